The van der Waals surface area contributed by atoms with Crippen molar-refractivity contribution in [3.05, 3.63) is 23.4 Å². The number of hydrogen-bond acceptors (Lipinski definition) is 2. The predicted molar refractivity (Wildman–Crippen MR) is 55.7 cm³/mol. The van der Waals surface area contributed by atoms with Gasteiger partial charge in [-0.05, 0) is 13.5 Å². The second-order valence-corrected chi connectivity index (χ2v) is 4.18. The van der Waals surface area contributed by atoms with E-state index in [2.05, 4.69) is 18.5 Å². The Morgan fingerprint density at radius 2 is 2.07 bits per heavy atom. The third kappa shape index (κ3) is 1.38. The molecule has 1 amide bonds. The van der Waals surface area contributed by atoms with Crippen molar-refractivity contribution in [2.24, 2.45) is 0 Å². The average Bonchev–Trinajstić information content (AvgIpc) is 2.16. The fourth-order valence-electron chi connectivity index (χ4n) is 2.06. The lowest BCUT2D eigenvalue weighted by atomic mass is 9.92. The highest BCUT2D eigenvalue weighted by Crippen LogP contribution is 2.30. The van der Waals surface area contributed by atoms with Crippen LogP contribution in [0.4, 0.5) is 0 Å². The zero-order valence-corrected chi connectivity index (χ0v) is 8.84. The lowest BCUT2D eigenvalue weighted by Gasteiger charge is -2.35. The Hall–Kier alpha value is -1.09. The second-order valence-electron chi connectivity index (χ2n) is 4.18. The average molecular weight is 192 g/mol. The minimum Gasteiger partial charge on any atom is -0.316 e. The molecule has 0 atom stereocenters. The fourth-order valence-corrected chi connectivity index (χ4v) is 2.06. The number of nitrogens with zero attached hydrogens (tertiary/aromatic N) is 2. The summed E-state index contributed by atoms with van der Waals surface area (Å²) < 4.78 is 0. The van der Waals surface area contributed by atoms with Gasteiger partial charge in [0.25, 0.3) is 5.91 Å². The van der Waals surface area contributed by atoms with E-state index in [4.69, 9.17) is 0 Å². The standard InChI is InChI=1S/C11H16N2O/c1-8-6-9-4-5-12(2)7-10(9)11(14)13(8)3/h1,4-7H2,2-3H3. The Labute approximate surface area is 84.7 Å². The van der Waals surface area contributed by atoms with Crippen LogP contribution in [0.1, 0.15) is 12.8 Å². The number of carbonyl (C=O) groups is 1. The van der Waals surface area contributed by atoms with E-state index in [1.165, 1.54) is 5.57 Å². The Kier molecular flexibility index (Phi) is 2.19. The summed E-state index contributed by atoms with van der Waals surface area (Å²) in [5, 5.41) is 0. The van der Waals surface area contributed by atoms with E-state index in [-0.39, 0.29) is 5.91 Å². The van der Waals surface area contributed by atoms with Crippen molar-refractivity contribution < 1.29 is 4.79 Å². The molecule has 14 heavy (non-hydrogen) atoms. The minimum absolute atomic E-state index is 0.141. The Morgan fingerprint density at radius 3 is 2.79 bits per heavy atom. The van der Waals surface area contributed by atoms with Gasteiger partial charge in [0.05, 0.1) is 0 Å². The van der Waals surface area contributed by atoms with Crippen LogP contribution in [0.15, 0.2) is 23.4 Å². The van der Waals surface area contributed by atoms with Crippen LogP contribution in [0, 0.1) is 0 Å². The van der Waals surface area contributed by atoms with Gasteiger partial charge in [0, 0.05) is 37.8 Å². The number of hydrogen-bond donors (Lipinski definition) is 0. The van der Waals surface area contributed by atoms with Crippen LogP contribution in [0.5, 0.6) is 0 Å². The Balaban J connectivity index is 2.34. The first-order valence-electron chi connectivity index (χ1n) is 4.95. The van der Waals surface area contributed by atoms with Crippen molar-refractivity contribution in [1.29, 1.82) is 0 Å². The number of rotatable bonds is 0. The van der Waals surface area contributed by atoms with Gasteiger partial charge in [0.2, 0.25) is 0 Å². The normalized spacial score (nSPS) is 24.3. The van der Waals surface area contributed by atoms with Gasteiger partial charge >= 0.3 is 0 Å². The van der Waals surface area contributed by atoms with Crippen LogP contribution < -0.4 is 0 Å². The molecule has 0 spiro atoms. The number of amides is 1. The summed E-state index contributed by atoms with van der Waals surface area (Å²) in [6.07, 6.45) is 1.90. The van der Waals surface area contributed by atoms with Crippen LogP contribution in [-0.4, -0.2) is 42.9 Å². The van der Waals surface area contributed by atoms with E-state index >= 15 is 0 Å². The molecule has 2 aliphatic heterocycles. The molecule has 0 fully saturated rings. The maximum atomic E-state index is 11.9. The topological polar surface area (TPSA) is 23.6 Å². The molecule has 0 aromatic heterocycles. The van der Waals surface area contributed by atoms with Gasteiger partial charge < -0.3 is 9.80 Å². The molecule has 0 unspecified atom stereocenters. The molecule has 2 rings (SSSR count). The first-order chi connectivity index (χ1) is 6.59. The highest BCUT2D eigenvalue weighted by molar-refractivity contribution is 5.97. The zero-order chi connectivity index (χ0) is 10.3. The van der Waals surface area contributed by atoms with Crippen molar-refractivity contribution in [2.45, 2.75) is 12.8 Å². The summed E-state index contributed by atoms with van der Waals surface area (Å²) in [7, 11) is 3.86. The van der Waals surface area contributed by atoms with E-state index in [1.807, 2.05) is 7.05 Å². The van der Waals surface area contributed by atoms with Crippen molar-refractivity contribution in [3.63, 3.8) is 0 Å². The molecule has 3 nitrogen and oxygen atoms in total. The quantitative estimate of drug-likeness (QED) is 0.571. The highest BCUT2D eigenvalue weighted by atomic mass is 16.2. The van der Waals surface area contributed by atoms with Gasteiger partial charge in [-0.3, -0.25) is 4.79 Å². The Bertz CT molecular complexity index is 330. The van der Waals surface area contributed by atoms with Gasteiger partial charge in [-0.1, -0.05) is 12.2 Å². The molecule has 76 valence electrons. The Morgan fingerprint density at radius 1 is 1.36 bits per heavy atom. The monoisotopic (exact) mass is 192 g/mol. The molecule has 0 aromatic rings. The van der Waals surface area contributed by atoms with Gasteiger partial charge in [-0.2, -0.15) is 0 Å². The van der Waals surface area contributed by atoms with Crippen LogP contribution in [0.25, 0.3) is 0 Å². The SMILES string of the molecule is C=C1CC2=C(CN(C)CC2)C(=O)N1C. The van der Waals surface area contributed by atoms with Crippen LogP contribution in [0.2, 0.25) is 0 Å². The number of carbonyl (C=O) groups excluding carboxylic acids is 1. The second kappa shape index (κ2) is 3.24. The molecule has 0 bridgehead atoms. The summed E-state index contributed by atoms with van der Waals surface area (Å²) in [6, 6.07) is 0. The molecule has 0 aromatic carbocycles. The molecule has 2 aliphatic rings. The van der Waals surface area contributed by atoms with Gasteiger partial charge in [0.15, 0.2) is 0 Å². The third-order valence-electron chi connectivity index (χ3n) is 3.10. The first kappa shape index (κ1) is 9.46. The van der Waals surface area contributed by atoms with Crippen molar-refractivity contribution in [1.82, 2.24) is 9.80 Å². The molecule has 3 heteroatoms. The third-order valence-corrected chi connectivity index (χ3v) is 3.10. The molecule has 0 saturated carbocycles. The van der Waals surface area contributed by atoms with E-state index in [9.17, 15) is 4.79 Å². The summed E-state index contributed by atoms with van der Waals surface area (Å²) in [5.74, 6) is 0.141. The molecule has 2 heterocycles. The van der Waals surface area contributed by atoms with Gasteiger partial charge in [-0.25, -0.2) is 0 Å². The maximum Gasteiger partial charge on any atom is 0.254 e. The molecule has 0 aliphatic carbocycles. The largest absolute Gasteiger partial charge is 0.316 e. The zero-order valence-electron chi connectivity index (χ0n) is 8.84. The molecule has 0 radical (unpaired) electrons. The smallest absolute Gasteiger partial charge is 0.254 e. The van der Waals surface area contributed by atoms with Crippen LogP contribution in [0.3, 0.4) is 0 Å². The predicted octanol–water partition coefficient (Wildman–Crippen LogP) is 0.994. The lowest BCUT2D eigenvalue weighted by Crippen LogP contribution is -2.40. The van der Waals surface area contributed by atoms with Crippen molar-refractivity contribution in [3.8, 4) is 0 Å². The van der Waals surface area contributed by atoms with Crippen molar-refractivity contribution >= 4 is 5.91 Å². The molecular weight excluding hydrogens is 176 g/mol. The number of likely N-dealkylation sites (N-methyl/N-ethyl adjacent to an activating group) is 2. The van der Waals surface area contributed by atoms with E-state index < -0.39 is 0 Å². The van der Waals surface area contributed by atoms with E-state index in [0.29, 0.717) is 0 Å². The van der Waals surface area contributed by atoms with E-state index in [1.54, 1.807) is 4.90 Å². The molecular formula is C11H16N2O. The minimum atomic E-state index is 0.141. The summed E-state index contributed by atoms with van der Waals surface area (Å²) in [6.45, 7) is 5.77. The first-order valence-corrected chi connectivity index (χ1v) is 4.95. The highest BCUT2D eigenvalue weighted by Gasteiger charge is 2.29. The lowest BCUT2D eigenvalue weighted by molar-refractivity contribution is -0.125. The van der Waals surface area contributed by atoms with Gasteiger partial charge in [0.1, 0.15) is 0 Å². The summed E-state index contributed by atoms with van der Waals surface area (Å²) >= 11 is 0. The van der Waals surface area contributed by atoms with Crippen LogP contribution in [-0.2, 0) is 4.79 Å². The van der Waals surface area contributed by atoms with Gasteiger partial charge in [-0.15, -0.1) is 0 Å². The van der Waals surface area contributed by atoms with Crippen molar-refractivity contribution in [2.75, 3.05) is 27.2 Å². The number of allylic oxidation sites excluding steroid dienone is 1. The summed E-state index contributed by atoms with van der Waals surface area (Å²) in [4.78, 5) is 15.8. The molecule has 0 N–H and O–H groups in total. The fraction of sp³-hybridized carbons (Fsp3) is 0.545. The maximum absolute atomic E-state index is 11.9. The van der Waals surface area contributed by atoms with Crippen LogP contribution >= 0.6 is 0 Å². The summed E-state index contributed by atoms with van der Waals surface area (Å²) in [5.41, 5.74) is 3.23. The van der Waals surface area contributed by atoms with E-state index in [0.717, 1.165) is 37.2 Å². The molecule has 0 saturated heterocycles.